The topological polar surface area (TPSA) is 96.7 Å². The monoisotopic (exact) mass is 535 g/mol. The van der Waals surface area contributed by atoms with Crippen LogP contribution in [0.1, 0.15) is 29.2 Å². The fourth-order valence-electron chi connectivity index (χ4n) is 5.34. The molecule has 0 unspecified atom stereocenters. The van der Waals surface area contributed by atoms with Gasteiger partial charge in [-0.25, -0.2) is 0 Å². The number of aliphatic hydroxyl groups is 1. The maximum atomic E-state index is 12.4. The first-order valence-corrected chi connectivity index (χ1v) is 12.8. The average Bonchev–Trinajstić information content (AvgIpc) is 3.13. The van der Waals surface area contributed by atoms with Gasteiger partial charge < -0.3 is 9.84 Å². The molecule has 1 aliphatic carbocycles. The van der Waals surface area contributed by atoms with Crippen LogP contribution in [0.15, 0.2) is 71.3 Å². The molecule has 0 saturated heterocycles. The number of rotatable bonds is 4. The molecule has 9 heteroatoms. The van der Waals surface area contributed by atoms with Crippen LogP contribution in [0.2, 0.25) is 5.02 Å². The lowest BCUT2D eigenvalue weighted by atomic mass is 9.71. The first kappa shape index (κ1) is 21.9. The van der Waals surface area contributed by atoms with E-state index in [1.807, 2.05) is 54.6 Å². The summed E-state index contributed by atoms with van der Waals surface area (Å²) in [6, 6.07) is 18.5. The van der Waals surface area contributed by atoms with Crippen molar-refractivity contribution in [1.82, 2.24) is 4.98 Å². The third-order valence-corrected chi connectivity index (χ3v) is 8.07. The van der Waals surface area contributed by atoms with Crippen molar-refractivity contribution in [3.05, 3.63) is 93.2 Å². The maximum absolute atomic E-state index is 12.4. The molecule has 0 spiro atoms. The van der Waals surface area contributed by atoms with Crippen molar-refractivity contribution in [1.29, 1.82) is 0 Å². The van der Waals surface area contributed by atoms with Crippen LogP contribution >= 0.6 is 27.5 Å². The highest BCUT2D eigenvalue weighted by Gasteiger charge is 2.73. The normalized spacial score (nSPS) is 28.8. The molecule has 2 N–H and O–H groups in total. The number of fused-ring (bicyclic) bond motifs is 3. The second-order valence-corrected chi connectivity index (χ2v) is 11.1. The second kappa shape index (κ2) is 7.53. The van der Waals surface area contributed by atoms with Gasteiger partial charge in [0, 0.05) is 28.6 Å². The molecule has 166 valence electrons. The lowest BCUT2D eigenvalue weighted by Gasteiger charge is -2.41. The minimum atomic E-state index is -4.39. The first-order chi connectivity index (χ1) is 15.1. The fourth-order valence-corrected chi connectivity index (χ4v) is 6.64. The zero-order valence-corrected chi connectivity index (χ0v) is 19.8. The molecular weight excluding hydrogens is 518 g/mol. The Hall–Kier alpha value is -1.97. The number of ether oxygens (including phenoxy) is 1. The molecule has 6 nitrogen and oxygen atoms in total. The van der Waals surface area contributed by atoms with Crippen LogP contribution in [0.3, 0.4) is 0 Å². The van der Waals surface area contributed by atoms with Crippen molar-refractivity contribution >= 4 is 37.6 Å². The predicted molar refractivity (Wildman–Crippen MR) is 123 cm³/mol. The summed E-state index contributed by atoms with van der Waals surface area (Å²) in [6.07, 6.45) is 1.67. The number of nitrogens with zero attached hydrogens (tertiary/aromatic N) is 1. The van der Waals surface area contributed by atoms with Crippen LogP contribution in [0.25, 0.3) is 0 Å². The van der Waals surface area contributed by atoms with Gasteiger partial charge in [0.2, 0.25) is 0 Å². The van der Waals surface area contributed by atoms with E-state index in [-0.39, 0.29) is 12.1 Å². The van der Waals surface area contributed by atoms with E-state index in [9.17, 15) is 18.1 Å². The smallest absolute Gasteiger partial charge is 0.265 e. The van der Waals surface area contributed by atoms with Crippen LogP contribution in [0.5, 0.6) is 5.75 Å². The van der Waals surface area contributed by atoms with Gasteiger partial charge in [0.15, 0.2) is 11.2 Å². The molecule has 1 aromatic heterocycles. The summed E-state index contributed by atoms with van der Waals surface area (Å²) in [4.78, 5) is 4.38. The molecule has 32 heavy (non-hydrogen) atoms. The van der Waals surface area contributed by atoms with Crippen molar-refractivity contribution in [2.45, 2.75) is 23.5 Å². The predicted octanol–water partition coefficient (Wildman–Crippen LogP) is 4.66. The lowest BCUT2D eigenvalue weighted by Crippen LogP contribution is -2.51. The van der Waals surface area contributed by atoms with E-state index >= 15 is 0 Å². The van der Waals surface area contributed by atoms with E-state index in [2.05, 4.69) is 20.9 Å². The molecule has 0 amide bonds. The molecule has 0 bridgehead atoms. The largest absolute Gasteiger partial charge is 0.476 e. The molecule has 3 aromatic rings. The minimum absolute atomic E-state index is 0.219. The minimum Gasteiger partial charge on any atom is -0.476 e. The number of pyridine rings is 1. The van der Waals surface area contributed by atoms with Crippen LogP contribution in [-0.2, 0) is 21.3 Å². The lowest BCUT2D eigenvalue weighted by molar-refractivity contribution is -0.125. The zero-order valence-electron chi connectivity index (χ0n) is 16.7. The number of hydrogen-bond acceptors (Lipinski definition) is 5. The standard InChI is InChI=1S/C23H19BrClNO5S/c24-17-8-6-15(7-9-17)23-19(14-4-2-1-3-5-14)10-16(13-32(28,29)30)22(23,27)21-20(31-23)11-18(25)12-26-21/h1-9,11-12,16,19,27H,10,13H2,(H,28,29,30)/t16-,19-,22-,23-/m0/s1. The Kier molecular flexibility index (Phi) is 5.14. The Morgan fingerprint density at radius 1 is 1.16 bits per heavy atom. The maximum Gasteiger partial charge on any atom is 0.265 e. The van der Waals surface area contributed by atoms with Crippen molar-refractivity contribution in [2.75, 3.05) is 5.75 Å². The van der Waals surface area contributed by atoms with Crippen molar-refractivity contribution < 1.29 is 22.8 Å². The average molecular weight is 537 g/mol. The summed E-state index contributed by atoms with van der Waals surface area (Å²) in [5, 5.41) is 12.7. The molecule has 1 fully saturated rings. The summed E-state index contributed by atoms with van der Waals surface area (Å²) >= 11 is 9.61. The Morgan fingerprint density at radius 3 is 2.50 bits per heavy atom. The van der Waals surface area contributed by atoms with Gasteiger partial charge in [-0.3, -0.25) is 9.54 Å². The van der Waals surface area contributed by atoms with Crippen LogP contribution in [-0.4, -0.2) is 28.8 Å². The molecule has 2 aliphatic rings. The van der Waals surface area contributed by atoms with E-state index in [4.69, 9.17) is 16.3 Å². The number of halogens is 2. The van der Waals surface area contributed by atoms with Crippen LogP contribution in [0, 0.1) is 5.92 Å². The second-order valence-electron chi connectivity index (χ2n) is 8.26. The molecule has 1 aliphatic heterocycles. The van der Waals surface area contributed by atoms with Gasteiger partial charge in [0.1, 0.15) is 11.4 Å². The highest BCUT2D eigenvalue weighted by Crippen LogP contribution is 2.68. The Balaban J connectivity index is 1.82. The van der Waals surface area contributed by atoms with E-state index in [0.29, 0.717) is 16.3 Å². The van der Waals surface area contributed by atoms with E-state index < -0.39 is 38.9 Å². The summed E-state index contributed by atoms with van der Waals surface area (Å²) in [7, 11) is -4.39. The van der Waals surface area contributed by atoms with Gasteiger partial charge in [-0.1, -0.05) is 70.0 Å². The highest BCUT2D eigenvalue weighted by molar-refractivity contribution is 9.10. The van der Waals surface area contributed by atoms with E-state index in [1.54, 1.807) is 6.07 Å². The number of hydrogen-bond donors (Lipinski definition) is 2. The van der Waals surface area contributed by atoms with E-state index in [1.165, 1.54) is 6.20 Å². The third-order valence-electron chi connectivity index (χ3n) is 6.51. The Labute approximate surface area is 199 Å². The number of aromatic nitrogens is 1. The molecule has 1 saturated carbocycles. The zero-order chi connectivity index (χ0) is 22.7. The highest BCUT2D eigenvalue weighted by atomic mass is 79.9. The van der Waals surface area contributed by atoms with Gasteiger partial charge >= 0.3 is 0 Å². The summed E-state index contributed by atoms with van der Waals surface area (Å²) in [6.45, 7) is 0. The quantitative estimate of drug-likeness (QED) is 0.471. The molecule has 2 aromatic carbocycles. The SMILES string of the molecule is O=S(=O)(O)C[C@@H]1C[C@@H](c2ccccc2)[C@]2(c3ccc(Br)cc3)Oc3cc(Cl)cnc3[C@@]12O. The summed E-state index contributed by atoms with van der Waals surface area (Å²) < 4.78 is 41.1. The van der Waals surface area contributed by atoms with Gasteiger partial charge in [-0.15, -0.1) is 0 Å². The summed E-state index contributed by atoms with van der Waals surface area (Å²) in [5.41, 5.74) is -1.42. The van der Waals surface area contributed by atoms with Crippen molar-refractivity contribution in [3.63, 3.8) is 0 Å². The Morgan fingerprint density at radius 2 is 1.84 bits per heavy atom. The third kappa shape index (κ3) is 3.20. The van der Waals surface area contributed by atoms with Crippen molar-refractivity contribution in [3.8, 4) is 5.75 Å². The van der Waals surface area contributed by atoms with Gasteiger partial charge in [0.25, 0.3) is 10.1 Å². The Bertz CT molecular complexity index is 1290. The molecule has 0 radical (unpaired) electrons. The molecule has 4 atom stereocenters. The van der Waals surface area contributed by atoms with Crippen LogP contribution < -0.4 is 4.74 Å². The van der Waals surface area contributed by atoms with Gasteiger partial charge in [0.05, 0.1) is 10.8 Å². The summed E-state index contributed by atoms with van der Waals surface area (Å²) in [5.74, 6) is -1.63. The van der Waals surface area contributed by atoms with Gasteiger partial charge in [-0.2, -0.15) is 8.42 Å². The number of benzene rings is 2. The van der Waals surface area contributed by atoms with Gasteiger partial charge in [-0.05, 0) is 29.7 Å². The van der Waals surface area contributed by atoms with E-state index in [0.717, 1.165) is 10.0 Å². The van der Waals surface area contributed by atoms with Crippen molar-refractivity contribution in [2.24, 2.45) is 5.92 Å². The first-order valence-electron chi connectivity index (χ1n) is 9.99. The molecular formula is C23H19BrClNO5S. The molecule has 5 rings (SSSR count). The fraction of sp³-hybridized carbons (Fsp3) is 0.261. The molecule has 2 heterocycles. The van der Waals surface area contributed by atoms with Crippen LogP contribution in [0.4, 0.5) is 0 Å².